The molecule has 0 fully saturated rings. The summed E-state index contributed by atoms with van der Waals surface area (Å²) in [6.07, 6.45) is 6.11. The van der Waals surface area contributed by atoms with Crippen LogP contribution in [-0.4, -0.2) is 23.5 Å². The van der Waals surface area contributed by atoms with Gasteiger partial charge in [0.25, 0.3) is 0 Å². The Bertz CT molecular complexity index is 98.3. The number of hydrogen-bond acceptors (Lipinski definition) is 1. The molecule has 80 valence electrons. The Morgan fingerprint density at radius 3 is 1.77 bits per heavy atom. The minimum atomic E-state index is 0.248. The van der Waals surface area contributed by atoms with E-state index in [-0.39, 0.29) is 5.50 Å². The lowest BCUT2D eigenvalue weighted by Gasteiger charge is -2.26. The van der Waals surface area contributed by atoms with E-state index in [9.17, 15) is 0 Å². The first-order valence-electron chi connectivity index (χ1n) is 5.64. The van der Waals surface area contributed by atoms with Gasteiger partial charge in [-0.2, -0.15) is 0 Å². The number of unbranched alkanes of at least 4 members (excludes halogenated alkanes) is 2. The van der Waals surface area contributed by atoms with Crippen molar-refractivity contribution in [3.05, 3.63) is 0 Å². The van der Waals surface area contributed by atoms with Gasteiger partial charge in [0.2, 0.25) is 0 Å². The highest BCUT2D eigenvalue weighted by atomic mass is 35.5. The molecule has 2 heteroatoms. The maximum Gasteiger partial charge on any atom is 0.0847 e. The summed E-state index contributed by atoms with van der Waals surface area (Å²) < 4.78 is 0. The third-order valence-electron chi connectivity index (χ3n) is 2.33. The third kappa shape index (κ3) is 6.34. The van der Waals surface area contributed by atoms with Gasteiger partial charge in [-0.3, -0.25) is 4.90 Å². The van der Waals surface area contributed by atoms with Crippen molar-refractivity contribution >= 4 is 11.6 Å². The zero-order valence-electron chi connectivity index (χ0n) is 9.35. The van der Waals surface area contributed by atoms with Crippen molar-refractivity contribution in [2.75, 3.05) is 13.1 Å². The maximum atomic E-state index is 6.23. The molecular weight excluding hydrogens is 182 g/mol. The summed E-state index contributed by atoms with van der Waals surface area (Å²) in [6.45, 7) is 8.94. The number of alkyl halides is 1. The average Bonchev–Trinajstić information content (AvgIpc) is 2.17. The van der Waals surface area contributed by atoms with Gasteiger partial charge >= 0.3 is 0 Å². The molecule has 0 aliphatic heterocycles. The summed E-state index contributed by atoms with van der Waals surface area (Å²) in [7, 11) is 0. The molecule has 13 heavy (non-hydrogen) atoms. The van der Waals surface area contributed by atoms with Gasteiger partial charge in [-0.25, -0.2) is 0 Å². The fourth-order valence-electron chi connectivity index (χ4n) is 1.37. The lowest BCUT2D eigenvalue weighted by molar-refractivity contribution is 0.239. The Balaban J connectivity index is 3.72. The molecule has 0 N–H and O–H groups in total. The van der Waals surface area contributed by atoms with Crippen LogP contribution < -0.4 is 0 Å². The summed E-state index contributed by atoms with van der Waals surface area (Å²) >= 11 is 6.23. The number of rotatable bonds is 8. The zero-order chi connectivity index (χ0) is 10.1. The lowest BCUT2D eigenvalue weighted by atomic mass is 10.2. The molecule has 0 radical (unpaired) electrons. The Morgan fingerprint density at radius 2 is 1.46 bits per heavy atom. The minimum absolute atomic E-state index is 0.248. The van der Waals surface area contributed by atoms with Gasteiger partial charge < -0.3 is 0 Å². The quantitative estimate of drug-likeness (QED) is 0.430. The molecule has 0 rings (SSSR count). The molecule has 0 aliphatic carbocycles. The molecule has 0 saturated heterocycles. The van der Waals surface area contributed by atoms with E-state index in [1.807, 2.05) is 0 Å². The van der Waals surface area contributed by atoms with Crippen LogP contribution in [0.25, 0.3) is 0 Å². The van der Waals surface area contributed by atoms with E-state index in [1.165, 1.54) is 38.8 Å². The van der Waals surface area contributed by atoms with Crippen LogP contribution >= 0.6 is 11.6 Å². The van der Waals surface area contributed by atoms with E-state index in [0.29, 0.717) is 0 Å². The van der Waals surface area contributed by atoms with Gasteiger partial charge in [-0.1, -0.05) is 33.6 Å². The highest BCUT2D eigenvalue weighted by molar-refractivity contribution is 6.20. The van der Waals surface area contributed by atoms with E-state index >= 15 is 0 Å². The molecular formula is C11H24ClN. The van der Waals surface area contributed by atoms with Crippen molar-refractivity contribution in [3.8, 4) is 0 Å². The van der Waals surface area contributed by atoms with Crippen molar-refractivity contribution in [1.29, 1.82) is 0 Å². The smallest absolute Gasteiger partial charge is 0.0847 e. The Labute approximate surface area is 88.5 Å². The Kier molecular flexibility index (Phi) is 9.00. The monoisotopic (exact) mass is 205 g/mol. The van der Waals surface area contributed by atoms with Gasteiger partial charge in [0.05, 0.1) is 5.50 Å². The van der Waals surface area contributed by atoms with Crippen LogP contribution in [0.3, 0.4) is 0 Å². The van der Waals surface area contributed by atoms with E-state index in [0.717, 1.165) is 6.42 Å². The van der Waals surface area contributed by atoms with Gasteiger partial charge in [0, 0.05) is 0 Å². The molecule has 0 saturated carbocycles. The minimum Gasteiger partial charge on any atom is -0.287 e. The van der Waals surface area contributed by atoms with Crippen LogP contribution in [0.1, 0.15) is 52.9 Å². The summed E-state index contributed by atoms with van der Waals surface area (Å²) in [5, 5.41) is 0. The highest BCUT2D eigenvalue weighted by Gasteiger charge is 2.11. The van der Waals surface area contributed by atoms with Crippen molar-refractivity contribution in [2.24, 2.45) is 0 Å². The first-order valence-corrected chi connectivity index (χ1v) is 6.07. The molecule has 0 amide bonds. The predicted molar refractivity (Wildman–Crippen MR) is 61.3 cm³/mol. The van der Waals surface area contributed by atoms with E-state index in [2.05, 4.69) is 25.7 Å². The van der Waals surface area contributed by atoms with E-state index in [4.69, 9.17) is 11.6 Å². The second kappa shape index (κ2) is 8.83. The fourth-order valence-corrected chi connectivity index (χ4v) is 1.57. The van der Waals surface area contributed by atoms with Crippen LogP contribution in [0.2, 0.25) is 0 Å². The molecule has 1 nitrogen and oxygen atoms in total. The van der Waals surface area contributed by atoms with Gasteiger partial charge in [0.1, 0.15) is 0 Å². The number of halogens is 1. The van der Waals surface area contributed by atoms with Crippen LogP contribution in [-0.2, 0) is 0 Å². The molecule has 1 atom stereocenters. The maximum absolute atomic E-state index is 6.23. The van der Waals surface area contributed by atoms with Gasteiger partial charge in [0.15, 0.2) is 0 Å². The van der Waals surface area contributed by atoms with E-state index in [1.54, 1.807) is 0 Å². The van der Waals surface area contributed by atoms with Crippen LogP contribution in [0.5, 0.6) is 0 Å². The highest BCUT2D eigenvalue weighted by Crippen LogP contribution is 2.11. The fraction of sp³-hybridized carbons (Fsp3) is 1.00. The second-order valence-electron chi connectivity index (χ2n) is 3.59. The largest absolute Gasteiger partial charge is 0.287 e. The molecule has 1 unspecified atom stereocenters. The van der Waals surface area contributed by atoms with Crippen molar-refractivity contribution in [3.63, 3.8) is 0 Å². The molecule has 0 spiro atoms. The first-order chi connectivity index (χ1) is 6.26. The molecule has 0 bridgehead atoms. The summed E-state index contributed by atoms with van der Waals surface area (Å²) in [4.78, 5) is 2.41. The topological polar surface area (TPSA) is 3.24 Å². The summed E-state index contributed by atoms with van der Waals surface area (Å²) in [5.41, 5.74) is 0.248. The predicted octanol–water partition coefficient (Wildman–Crippen LogP) is 3.86. The van der Waals surface area contributed by atoms with E-state index < -0.39 is 0 Å². The molecule has 0 aliphatic rings. The summed E-state index contributed by atoms with van der Waals surface area (Å²) in [6, 6.07) is 0. The molecule has 0 aromatic heterocycles. The van der Waals surface area contributed by atoms with Gasteiger partial charge in [-0.15, -0.1) is 11.6 Å². The first kappa shape index (κ1) is 13.2. The number of nitrogens with zero attached hydrogens (tertiary/aromatic N) is 1. The van der Waals surface area contributed by atoms with Crippen LogP contribution in [0, 0.1) is 0 Å². The Hall–Kier alpha value is 0.250. The summed E-state index contributed by atoms with van der Waals surface area (Å²) in [5.74, 6) is 0. The average molecular weight is 206 g/mol. The third-order valence-corrected chi connectivity index (χ3v) is 2.92. The molecule has 0 aromatic rings. The molecule has 0 heterocycles. The Morgan fingerprint density at radius 1 is 1.00 bits per heavy atom. The standard InChI is InChI=1S/C11H24ClN/c1-4-7-9-13(10-8-5-2)11(12)6-3/h11H,4-10H2,1-3H3. The van der Waals surface area contributed by atoms with Crippen molar-refractivity contribution < 1.29 is 0 Å². The number of hydrogen-bond donors (Lipinski definition) is 0. The normalized spacial score (nSPS) is 13.6. The zero-order valence-corrected chi connectivity index (χ0v) is 10.1. The lowest BCUT2D eigenvalue weighted by Crippen LogP contribution is -2.32. The van der Waals surface area contributed by atoms with Crippen LogP contribution in [0.15, 0.2) is 0 Å². The van der Waals surface area contributed by atoms with Crippen molar-refractivity contribution in [1.82, 2.24) is 4.90 Å². The SMILES string of the molecule is CCCCN(CCCC)C(Cl)CC. The van der Waals surface area contributed by atoms with Crippen LogP contribution in [0.4, 0.5) is 0 Å². The molecule has 0 aromatic carbocycles. The van der Waals surface area contributed by atoms with Gasteiger partial charge in [-0.05, 0) is 32.4 Å². The second-order valence-corrected chi connectivity index (χ2v) is 4.09. The van der Waals surface area contributed by atoms with Crippen molar-refractivity contribution in [2.45, 2.75) is 58.4 Å².